The zero-order chi connectivity index (χ0) is 14.4. The first-order valence-corrected chi connectivity index (χ1v) is 7.22. The van der Waals surface area contributed by atoms with Crippen LogP contribution in [0.2, 0.25) is 0 Å². The zero-order valence-corrected chi connectivity index (χ0v) is 12.2. The van der Waals surface area contributed by atoms with E-state index in [0.717, 1.165) is 32.4 Å². The van der Waals surface area contributed by atoms with Crippen molar-refractivity contribution < 1.29 is 14.7 Å². The monoisotopic (exact) mass is 270 g/mol. The lowest BCUT2D eigenvalue weighted by Crippen LogP contribution is -2.47. The molecule has 0 aliphatic carbocycles. The molecule has 0 spiro atoms. The van der Waals surface area contributed by atoms with Crippen LogP contribution in [0.15, 0.2) is 0 Å². The fourth-order valence-electron chi connectivity index (χ4n) is 2.59. The van der Waals surface area contributed by atoms with E-state index in [9.17, 15) is 9.59 Å². The average Bonchev–Trinajstić information content (AvgIpc) is 2.76. The van der Waals surface area contributed by atoms with Gasteiger partial charge in [0, 0.05) is 13.1 Å². The van der Waals surface area contributed by atoms with E-state index < -0.39 is 12.0 Å². The standard InChI is InChI=1S/C14H26N2O3/c1-4-5-11-6-7-16(9-11)14(19)15-12(13(17)18)8-10(2)3/h10-12H,4-9H2,1-3H3,(H,15,19)(H,17,18). The second-order valence-electron chi connectivity index (χ2n) is 5.86. The number of likely N-dealkylation sites (tertiary alicyclic amines) is 1. The number of amides is 2. The maximum Gasteiger partial charge on any atom is 0.326 e. The van der Waals surface area contributed by atoms with Crippen molar-refractivity contribution in [2.75, 3.05) is 13.1 Å². The molecule has 0 aromatic heterocycles. The van der Waals surface area contributed by atoms with E-state index in [4.69, 9.17) is 5.11 Å². The molecule has 0 aromatic rings. The van der Waals surface area contributed by atoms with Gasteiger partial charge in [-0.05, 0) is 31.1 Å². The summed E-state index contributed by atoms with van der Waals surface area (Å²) < 4.78 is 0. The summed E-state index contributed by atoms with van der Waals surface area (Å²) in [5, 5.41) is 11.8. The summed E-state index contributed by atoms with van der Waals surface area (Å²) in [6.45, 7) is 7.55. The molecule has 2 N–H and O–H groups in total. The van der Waals surface area contributed by atoms with Crippen LogP contribution in [0.5, 0.6) is 0 Å². The molecule has 1 saturated heterocycles. The zero-order valence-electron chi connectivity index (χ0n) is 12.2. The van der Waals surface area contributed by atoms with Crippen LogP contribution >= 0.6 is 0 Å². The molecule has 19 heavy (non-hydrogen) atoms. The number of hydrogen-bond donors (Lipinski definition) is 2. The predicted molar refractivity (Wildman–Crippen MR) is 74.0 cm³/mol. The smallest absolute Gasteiger partial charge is 0.326 e. The number of hydrogen-bond acceptors (Lipinski definition) is 2. The lowest BCUT2D eigenvalue weighted by molar-refractivity contribution is -0.139. The largest absolute Gasteiger partial charge is 0.480 e. The first kappa shape index (κ1) is 15.8. The van der Waals surface area contributed by atoms with Gasteiger partial charge in [0.25, 0.3) is 0 Å². The highest BCUT2D eigenvalue weighted by molar-refractivity contribution is 5.82. The summed E-state index contributed by atoms with van der Waals surface area (Å²) in [5.41, 5.74) is 0. The van der Waals surface area contributed by atoms with Gasteiger partial charge in [-0.2, -0.15) is 0 Å². The molecule has 0 bridgehead atoms. The summed E-state index contributed by atoms with van der Waals surface area (Å²) >= 11 is 0. The number of carbonyl (C=O) groups is 2. The van der Waals surface area contributed by atoms with Crippen molar-refractivity contribution in [3.8, 4) is 0 Å². The Balaban J connectivity index is 2.47. The Morgan fingerprint density at radius 1 is 1.42 bits per heavy atom. The van der Waals surface area contributed by atoms with Crippen LogP contribution in [0.3, 0.4) is 0 Å². The summed E-state index contributed by atoms with van der Waals surface area (Å²) in [5.74, 6) is -0.136. The van der Waals surface area contributed by atoms with Crippen molar-refractivity contribution in [3.05, 3.63) is 0 Å². The van der Waals surface area contributed by atoms with Gasteiger partial charge in [-0.15, -0.1) is 0 Å². The van der Waals surface area contributed by atoms with Crippen LogP contribution in [0, 0.1) is 11.8 Å². The van der Waals surface area contributed by atoms with Crippen molar-refractivity contribution >= 4 is 12.0 Å². The Morgan fingerprint density at radius 3 is 2.63 bits per heavy atom. The van der Waals surface area contributed by atoms with E-state index in [2.05, 4.69) is 12.2 Å². The van der Waals surface area contributed by atoms with Gasteiger partial charge in [-0.1, -0.05) is 27.2 Å². The number of urea groups is 1. The van der Waals surface area contributed by atoms with E-state index in [-0.39, 0.29) is 11.9 Å². The SMILES string of the molecule is CCCC1CCN(C(=O)NC(CC(C)C)C(=O)O)C1. The number of nitrogens with zero attached hydrogens (tertiary/aromatic N) is 1. The molecule has 1 fully saturated rings. The average molecular weight is 270 g/mol. The first-order valence-electron chi connectivity index (χ1n) is 7.22. The fraction of sp³-hybridized carbons (Fsp3) is 0.857. The van der Waals surface area contributed by atoms with Crippen LogP contribution in [0.1, 0.15) is 46.5 Å². The normalized spacial score (nSPS) is 20.6. The lowest BCUT2D eigenvalue weighted by Gasteiger charge is -2.22. The maximum absolute atomic E-state index is 12.0. The molecule has 0 saturated carbocycles. The molecule has 2 atom stereocenters. The molecular weight excluding hydrogens is 244 g/mol. The molecule has 1 rings (SSSR count). The van der Waals surface area contributed by atoms with Crippen LogP contribution in [0.25, 0.3) is 0 Å². The summed E-state index contributed by atoms with van der Waals surface area (Å²) in [6, 6.07) is -1.01. The Kier molecular flexibility index (Phi) is 6.12. The number of carboxylic acids is 1. The minimum atomic E-state index is -0.952. The molecule has 1 aliphatic heterocycles. The first-order chi connectivity index (χ1) is 8.93. The van der Waals surface area contributed by atoms with Gasteiger partial charge in [0.1, 0.15) is 6.04 Å². The van der Waals surface area contributed by atoms with Crippen LogP contribution in [-0.4, -0.2) is 41.1 Å². The van der Waals surface area contributed by atoms with E-state index in [0.29, 0.717) is 12.3 Å². The van der Waals surface area contributed by atoms with Crippen molar-refractivity contribution in [3.63, 3.8) is 0 Å². The molecule has 0 aromatic carbocycles. The predicted octanol–water partition coefficient (Wildman–Crippen LogP) is 2.32. The minimum absolute atomic E-state index is 0.230. The molecule has 110 valence electrons. The molecule has 5 nitrogen and oxygen atoms in total. The molecular formula is C14H26N2O3. The molecule has 2 unspecified atom stereocenters. The second-order valence-corrected chi connectivity index (χ2v) is 5.86. The summed E-state index contributed by atoms with van der Waals surface area (Å²) in [7, 11) is 0. The molecule has 2 amide bonds. The summed E-state index contributed by atoms with van der Waals surface area (Å²) in [4.78, 5) is 24.9. The summed E-state index contributed by atoms with van der Waals surface area (Å²) in [6.07, 6.45) is 3.76. The van der Waals surface area contributed by atoms with Gasteiger partial charge >= 0.3 is 12.0 Å². The topological polar surface area (TPSA) is 69.6 Å². The highest BCUT2D eigenvalue weighted by atomic mass is 16.4. The third kappa shape index (κ3) is 5.09. The Labute approximate surface area is 115 Å². The van der Waals surface area contributed by atoms with Gasteiger partial charge in [0.2, 0.25) is 0 Å². The fourth-order valence-corrected chi connectivity index (χ4v) is 2.59. The maximum atomic E-state index is 12.0. The van der Waals surface area contributed by atoms with Crippen molar-refractivity contribution in [1.29, 1.82) is 0 Å². The number of rotatable bonds is 6. The van der Waals surface area contributed by atoms with Crippen molar-refractivity contribution in [1.82, 2.24) is 10.2 Å². The third-order valence-corrected chi connectivity index (χ3v) is 3.57. The number of carbonyl (C=O) groups excluding carboxylic acids is 1. The second kappa shape index (κ2) is 7.36. The quantitative estimate of drug-likeness (QED) is 0.778. The van der Waals surface area contributed by atoms with Crippen molar-refractivity contribution in [2.24, 2.45) is 11.8 Å². The van der Waals surface area contributed by atoms with E-state index in [1.54, 1.807) is 4.90 Å². The van der Waals surface area contributed by atoms with Gasteiger partial charge in [-0.25, -0.2) is 9.59 Å². The van der Waals surface area contributed by atoms with Gasteiger partial charge in [0.15, 0.2) is 0 Å². The molecule has 5 heteroatoms. The highest BCUT2D eigenvalue weighted by Crippen LogP contribution is 2.20. The number of nitrogens with one attached hydrogen (secondary N) is 1. The minimum Gasteiger partial charge on any atom is -0.480 e. The molecule has 1 aliphatic rings. The number of aliphatic carboxylic acids is 1. The van der Waals surface area contributed by atoms with E-state index in [1.807, 2.05) is 13.8 Å². The van der Waals surface area contributed by atoms with Crippen LogP contribution in [-0.2, 0) is 4.79 Å². The third-order valence-electron chi connectivity index (χ3n) is 3.57. The van der Waals surface area contributed by atoms with Crippen LogP contribution < -0.4 is 5.32 Å². The van der Waals surface area contributed by atoms with Crippen LogP contribution in [0.4, 0.5) is 4.79 Å². The van der Waals surface area contributed by atoms with Gasteiger partial charge in [-0.3, -0.25) is 0 Å². The Bertz CT molecular complexity index is 318. The van der Waals surface area contributed by atoms with Gasteiger partial charge in [0.05, 0.1) is 0 Å². The molecule has 0 radical (unpaired) electrons. The number of carboxylic acid groups (broad SMARTS) is 1. The Morgan fingerprint density at radius 2 is 2.11 bits per heavy atom. The van der Waals surface area contributed by atoms with Crippen molar-refractivity contribution in [2.45, 2.75) is 52.5 Å². The van der Waals surface area contributed by atoms with E-state index in [1.165, 1.54) is 0 Å². The highest BCUT2D eigenvalue weighted by Gasteiger charge is 2.28. The Hall–Kier alpha value is -1.26. The van der Waals surface area contributed by atoms with Gasteiger partial charge < -0.3 is 15.3 Å². The molecule has 1 heterocycles. The lowest BCUT2D eigenvalue weighted by atomic mass is 10.0. The van der Waals surface area contributed by atoms with E-state index >= 15 is 0 Å².